The Kier molecular flexibility index (Phi) is 6.19. The molecule has 1 amide bonds. The van der Waals surface area contributed by atoms with Gasteiger partial charge in [-0.3, -0.25) is 9.69 Å². The fourth-order valence-electron chi connectivity index (χ4n) is 3.44. The molecule has 3 atom stereocenters. The van der Waals surface area contributed by atoms with Gasteiger partial charge in [0.15, 0.2) is 0 Å². The third-order valence-corrected chi connectivity index (χ3v) is 5.20. The van der Waals surface area contributed by atoms with E-state index >= 15 is 0 Å². The van der Waals surface area contributed by atoms with Crippen molar-refractivity contribution in [1.29, 1.82) is 0 Å². The number of aliphatic hydroxyl groups excluding tert-OH is 1. The van der Waals surface area contributed by atoms with Crippen LogP contribution in [0.3, 0.4) is 0 Å². The molecule has 2 N–H and O–H groups in total. The zero-order valence-corrected chi connectivity index (χ0v) is 14.7. The van der Waals surface area contributed by atoms with E-state index in [1.807, 2.05) is 32.9 Å². The number of nitrogens with zero attached hydrogens (tertiary/aromatic N) is 1. The average Bonchev–Trinajstić information content (AvgIpc) is 2.54. The molecule has 0 bridgehead atoms. The molecule has 1 heterocycles. The summed E-state index contributed by atoms with van der Waals surface area (Å²) < 4.78 is 0. The first kappa shape index (κ1) is 18.0. The van der Waals surface area contributed by atoms with Crippen LogP contribution in [0.25, 0.3) is 0 Å². The second kappa shape index (κ2) is 7.93. The maximum atomic E-state index is 12.6. The summed E-state index contributed by atoms with van der Waals surface area (Å²) in [7, 11) is 0. The number of carbonyl (C=O) groups excluding carboxylic acids is 1. The Morgan fingerprint density at radius 3 is 2.39 bits per heavy atom. The van der Waals surface area contributed by atoms with Crippen LogP contribution < -0.4 is 5.32 Å². The molecule has 2 rings (SSSR count). The molecule has 128 valence electrons. The molecule has 1 aromatic rings. The highest BCUT2D eigenvalue weighted by Gasteiger charge is 2.28. The second-order valence-corrected chi connectivity index (χ2v) is 6.88. The summed E-state index contributed by atoms with van der Waals surface area (Å²) >= 11 is 0. The van der Waals surface area contributed by atoms with E-state index in [0.717, 1.165) is 25.9 Å². The molecule has 0 aliphatic carbocycles. The number of aliphatic hydroxyl groups is 1. The third kappa shape index (κ3) is 4.55. The number of carbonyl (C=O) groups is 1. The molecule has 0 radical (unpaired) electrons. The summed E-state index contributed by atoms with van der Waals surface area (Å²) in [5.41, 5.74) is 2.37. The molecule has 1 aromatic carbocycles. The highest BCUT2D eigenvalue weighted by molar-refractivity contribution is 5.81. The molecule has 0 aromatic heterocycles. The van der Waals surface area contributed by atoms with Crippen molar-refractivity contribution in [2.75, 3.05) is 13.1 Å². The molecule has 0 spiro atoms. The van der Waals surface area contributed by atoms with Crippen LogP contribution >= 0.6 is 0 Å². The van der Waals surface area contributed by atoms with Gasteiger partial charge < -0.3 is 10.4 Å². The summed E-state index contributed by atoms with van der Waals surface area (Å²) in [5, 5.41) is 12.8. The smallest absolute Gasteiger partial charge is 0.237 e. The molecular weight excluding hydrogens is 288 g/mol. The van der Waals surface area contributed by atoms with Crippen molar-refractivity contribution in [1.82, 2.24) is 10.2 Å². The lowest BCUT2D eigenvalue weighted by atomic mass is 9.91. The predicted molar refractivity (Wildman–Crippen MR) is 93.2 cm³/mol. The van der Waals surface area contributed by atoms with Gasteiger partial charge in [0, 0.05) is 0 Å². The Hall–Kier alpha value is -1.39. The number of rotatable bonds is 5. The van der Waals surface area contributed by atoms with Crippen LogP contribution in [0.1, 0.15) is 50.8 Å². The van der Waals surface area contributed by atoms with E-state index in [4.69, 9.17) is 0 Å². The van der Waals surface area contributed by atoms with Crippen LogP contribution in [-0.2, 0) is 4.79 Å². The first-order chi connectivity index (χ1) is 10.9. The van der Waals surface area contributed by atoms with Crippen LogP contribution in [0, 0.1) is 12.8 Å². The summed E-state index contributed by atoms with van der Waals surface area (Å²) in [4.78, 5) is 14.8. The number of nitrogens with one attached hydrogen (secondary N) is 1. The van der Waals surface area contributed by atoms with E-state index < -0.39 is 0 Å². The van der Waals surface area contributed by atoms with Gasteiger partial charge in [0.2, 0.25) is 5.91 Å². The van der Waals surface area contributed by atoms with Crippen molar-refractivity contribution in [3.63, 3.8) is 0 Å². The second-order valence-electron chi connectivity index (χ2n) is 6.88. The normalized spacial score (nSPS) is 20.7. The average molecular weight is 318 g/mol. The van der Waals surface area contributed by atoms with Gasteiger partial charge in [0.05, 0.1) is 18.2 Å². The van der Waals surface area contributed by atoms with Crippen LogP contribution in [-0.4, -0.2) is 41.1 Å². The maximum Gasteiger partial charge on any atom is 0.237 e. The minimum absolute atomic E-state index is 0.0150. The third-order valence-electron chi connectivity index (χ3n) is 5.20. The van der Waals surface area contributed by atoms with E-state index in [2.05, 4.69) is 29.3 Å². The lowest BCUT2D eigenvalue weighted by Crippen LogP contribution is -2.49. The van der Waals surface area contributed by atoms with Crippen molar-refractivity contribution < 1.29 is 9.90 Å². The van der Waals surface area contributed by atoms with Crippen LogP contribution in [0.4, 0.5) is 0 Å². The number of piperidine rings is 1. The van der Waals surface area contributed by atoms with Crippen LogP contribution in [0.2, 0.25) is 0 Å². The quantitative estimate of drug-likeness (QED) is 0.877. The van der Waals surface area contributed by atoms with Crippen molar-refractivity contribution in [3.8, 4) is 0 Å². The Balaban J connectivity index is 1.89. The lowest BCUT2D eigenvalue weighted by molar-refractivity contribution is -0.127. The minimum atomic E-state index is -0.248. The highest BCUT2D eigenvalue weighted by atomic mass is 16.3. The van der Waals surface area contributed by atoms with Crippen molar-refractivity contribution in [2.24, 2.45) is 5.92 Å². The standard InChI is InChI=1S/C19H30N2O2/c1-13-7-5-6-8-18(13)14(2)20-19(23)15(3)21-11-9-17(10-12-21)16(4)22/h5-8,14-17,22H,9-12H2,1-4H3,(H,20,23). The Morgan fingerprint density at radius 1 is 1.22 bits per heavy atom. The predicted octanol–water partition coefficient (Wildman–Crippen LogP) is 2.65. The van der Waals surface area contributed by atoms with Crippen LogP contribution in [0.5, 0.6) is 0 Å². The number of hydrogen-bond donors (Lipinski definition) is 2. The maximum absolute atomic E-state index is 12.6. The number of benzene rings is 1. The van der Waals surface area contributed by atoms with E-state index in [-0.39, 0.29) is 24.1 Å². The zero-order chi connectivity index (χ0) is 17.0. The van der Waals surface area contributed by atoms with Gasteiger partial charge >= 0.3 is 0 Å². The van der Waals surface area contributed by atoms with Gasteiger partial charge in [-0.25, -0.2) is 0 Å². The van der Waals surface area contributed by atoms with Gasteiger partial charge in [-0.2, -0.15) is 0 Å². The molecule has 4 nitrogen and oxygen atoms in total. The Labute approximate surface area is 139 Å². The topological polar surface area (TPSA) is 52.6 Å². The van der Waals surface area contributed by atoms with E-state index in [0.29, 0.717) is 5.92 Å². The van der Waals surface area contributed by atoms with Crippen molar-refractivity contribution >= 4 is 5.91 Å². The molecule has 4 heteroatoms. The summed E-state index contributed by atoms with van der Waals surface area (Å²) in [6, 6.07) is 8.05. The minimum Gasteiger partial charge on any atom is -0.393 e. The lowest BCUT2D eigenvalue weighted by Gasteiger charge is -2.36. The van der Waals surface area contributed by atoms with Gasteiger partial charge in [0.25, 0.3) is 0 Å². The van der Waals surface area contributed by atoms with Gasteiger partial charge in [-0.15, -0.1) is 0 Å². The SMILES string of the molecule is Cc1ccccc1C(C)NC(=O)C(C)N1CCC(C(C)O)CC1. The van der Waals surface area contributed by atoms with Crippen molar-refractivity contribution in [3.05, 3.63) is 35.4 Å². The monoisotopic (exact) mass is 318 g/mol. The molecular formula is C19H30N2O2. The summed E-state index contributed by atoms with van der Waals surface area (Å²) in [6.07, 6.45) is 1.67. The number of likely N-dealkylation sites (tertiary alicyclic amines) is 1. The van der Waals surface area contributed by atoms with Gasteiger partial charge in [-0.1, -0.05) is 24.3 Å². The summed E-state index contributed by atoms with van der Waals surface area (Å²) in [6.45, 7) is 9.70. The van der Waals surface area contributed by atoms with Crippen molar-refractivity contribution in [2.45, 2.75) is 58.7 Å². The molecule has 1 saturated heterocycles. The van der Waals surface area contributed by atoms with E-state index in [9.17, 15) is 9.90 Å². The largest absolute Gasteiger partial charge is 0.393 e. The molecule has 3 unspecified atom stereocenters. The molecule has 23 heavy (non-hydrogen) atoms. The Bertz CT molecular complexity index is 522. The van der Waals surface area contributed by atoms with E-state index in [1.54, 1.807) is 0 Å². The molecule has 1 aliphatic heterocycles. The fraction of sp³-hybridized carbons (Fsp3) is 0.632. The molecule has 1 fully saturated rings. The molecule has 1 aliphatic rings. The Morgan fingerprint density at radius 2 is 1.83 bits per heavy atom. The fourth-order valence-corrected chi connectivity index (χ4v) is 3.44. The first-order valence-electron chi connectivity index (χ1n) is 8.68. The first-order valence-corrected chi connectivity index (χ1v) is 8.68. The number of hydrogen-bond acceptors (Lipinski definition) is 3. The summed E-state index contributed by atoms with van der Waals surface area (Å²) in [5.74, 6) is 0.448. The van der Waals surface area contributed by atoms with Crippen LogP contribution in [0.15, 0.2) is 24.3 Å². The van der Waals surface area contributed by atoms with Gasteiger partial charge in [-0.05, 0) is 70.7 Å². The molecule has 0 saturated carbocycles. The highest BCUT2D eigenvalue weighted by Crippen LogP contribution is 2.22. The number of amides is 1. The number of aryl methyl sites for hydroxylation is 1. The van der Waals surface area contributed by atoms with Gasteiger partial charge in [0.1, 0.15) is 0 Å². The zero-order valence-electron chi connectivity index (χ0n) is 14.7. The van der Waals surface area contributed by atoms with E-state index in [1.165, 1.54) is 11.1 Å².